The molecule has 1 N–H and O–H groups in total. The van der Waals surface area contributed by atoms with Crippen molar-refractivity contribution >= 4 is 5.78 Å². The molecule has 0 saturated carbocycles. The molecule has 0 aromatic carbocycles. The molecule has 0 aliphatic rings. The van der Waals surface area contributed by atoms with E-state index in [1.165, 1.54) is 6.92 Å². The Morgan fingerprint density at radius 1 is 1.50 bits per heavy atom. The number of nitrogens with zero attached hydrogens (tertiary/aromatic N) is 3. The summed E-state index contributed by atoms with van der Waals surface area (Å²) in [4.78, 5) is 40.8. The van der Waals surface area contributed by atoms with E-state index in [-0.39, 0.29) is 18.0 Å². The zero-order valence-electron chi connectivity index (χ0n) is 9.76. The highest BCUT2D eigenvalue weighted by molar-refractivity contribution is 5.93. The summed E-state index contributed by atoms with van der Waals surface area (Å²) in [6, 6.07) is 0. The fraction of sp³-hybridized carbons (Fsp3) is 0.300. The van der Waals surface area contributed by atoms with Crippen LogP contribution in [0.2, 0.25) is 0 Å². The molecule has 2 rings (SSSR count). The van der Waals surface area contributed by atoms with Crippen molar-refractivity contribution in [3.05, 3.63) is 44.3 Å². The molecule has 2 aromatic heterocycles. The van der Waals surface area contributed by atoms with Gasteiger partial charge in [-0.05, 0) is 13.8 Å². The Morgan fingerprint density at radius 3 is 2.78 bits per heavy atom. The molecule has 0 aliphatic heterocycles. The van der Waals surface area contributed by atoms with Crippen molar-refractivity contribution in [2.24, 2.45) is 0 Å². The number of nitrogens with one attached hydrogen (secondary N) is 1. The molecular formula is C10H10N4O4. The molecule has 0 amide bonds. The van der Waals surface area contributed by atoms with Crippen LogP contribution in [0.4, 0.5) is 0 Å². The number of hydrogen-bond acceptors (Lipinski definition) is 6. The molecule has 8 heteroatoms. The highest BCUT2D eigenvalue weighted by Gasteiger charge is 2.13. The summed E-state index contributed by atoms with van der Waals surface area (Å²) in [6.07, 6.45) is 1.10. The van der Waals surface area contributed by atoms with E-state index in [0.717, 1.165) is 10.8 Å². The molecule has 0 spiro atoms. The lowest BCUT2D eigenvalue weighted by molar-refractivity contribution is 0.101. The Bertz CT molecular complexity index is 709. The summed E-state index contributed by atoms with van der Waals surface area (Å²) in [6.45, 7) is 2.69. The minimum atomic E-state index is -0.679. The van der Waals surface area contributed by atoms with Crippen molar-refractivity contribution in [1.29, 1.82) is 0 Å². The van der Waals surface area contributed by atoms with Crippen LogP contribution in [0.1, 0.15) is 29.0 Å². The first-order chi connectivity index (χ1) is 8.49. The maximum Gasteiger partial charge on any atom is 0.328 e. The van der Waals surface area contributed by atoms with Crippen LogP contribution < -0.4 is 11.2 Å². The van der Waals surface area contributed by atoms with Gasteiger partial charge in [-0.3, -0.25) is 14.2 Å². The third-order valence-corrected chi connectivity index (χ3v) is 2.30. The fourth-order valence-corrected chi connectivity index (χ4v) is 1.45. The number of hydrogen-bond donors (Lipinski definition) is 1. The predicted molar refractivity (Wildman–Crippen MR) is 59.5 cm³/mol. The molecule has 0 aliphatic carbocycles. The van der Waals surface area contributed by atoms with Gasteiger partial charge in [-0.15, -0.1) is 0 Å². The number of aryl methyl sites for hydroxylation is 1. The number of H-pyrrole nitrogens is 1. The first-order valence-corrected chi connectivity index (χ1v) is 5.11. The molecule has 0 saturated heterocycles. The highest BCUT2D eigenvalue weighted by atomic mass is 16.5. The Morgan fingerprint density at radius 2 is 2.22 bits per heavy atom. The van der Waals surface area contributed by atoms with E-state index in [4.69, 9.17) is 4.52 Å². The van der Waals surface area contributed by atoms with Crippen LogP contribution >= 0.6 is 0 Å². The molecule has 0 fully saturated rings. The quantitative estimate of drug-likeness (QED) is 0.733. The van der Waals surface area contributed by atoms with Crippen LogP contribution in [0.5, 0.6) is 0 Å². The predicted octanol–water partition coefficient (Wildman–Crippen LogP) is -0.521. The summed E-state index contributed by atoms with van der Waals surface area (Å²) in [7, 11) is 0. The number of carbonyl (C=O) groups is 1. The lowest BCUT2D eigenvalue weighted by Crippen LogP contribution is -2.38. The van der Waals surface area contributed by atoms with E-state index in [2.05, 4.69) is 15.1 Å². The molecule has 0 radical (unpaired) electrons. The summed E-state index contributed by atoms with van der Waals surface area (Å²) in [5, 5.41) is 3.55. The summed E-state index contributed by atoms with van der Waals surface area (Å²) in [5.41, 5.74) is -1.41. The minimum absolute atomic E-state index is 0.0918. The van der Waals surface area contributed by atoms with Crippen LogP contribution in [0, 0.1) is 6.92 Å². The third-order valence-electron chi connectivity index (χ3n) is 2.30. The van der Waals surface area contributed by atoms with Gasteiger partial charge in [0.15, 0.2) is 11.6 Å². The molecule has 0 unspecified atom stereocenters. The van der Waals surface area contributed by atoms with Gasteiger partial charge in [-0.25, -0.2) is 4.79 Å². The van der Waals surface area contributed by atoms with Gasteiger partial charge in [0.2, 0.25) is 5.89 Å². The van der Waals surface area contributed by atoms with Gasteiger partial charge in [0.05, 0.1) is 5.56 Å². The van der Waals surface area contributed by atoms with Crippen molar-refractivity contribution in [1.82, 2.24) is 19.7 Å². The van der Waals surface area contributed by atoms with Crippen molar-refractivity contribution in [2.75, 3.05) is 0 Å². The van der Waals surface area contributed by atoms with Crippen LogP contribution in [-0.4, -0.2) is 25.5 Å². The summed E-state index contributed by atoms with van der Waals surface area (Å²) >= 11 is 0. The number of carbonyl (C=O) groups excluding carboxylic acids is 1. The average molecular weight is 250 g/mol. The van der Waals surface area contributed by atoms with Crippen LogP contribution in [0.25, 0.3) is 0 Å². The maximum absolute atomic E-state index is 11.9. The zero-order valence-corrected chi connectivity index (χ0v) is 9.76. The second-order valence-corrected chi connectivity index (χ2v) is 3.69. The van der Waals surface area contributed by atoms with Gasteiger partial charge >= 0.3 is 5.69 Å². The lowest BCUT2D eigenvalue weighted by atomic mass is 10.2. The first kappa shape index (κ1) is 12.0. The monoisotopic (exact) mass is 250 g/mol. The van der Waals surface area contributed by atoms with Crippen molar-refractivity contribution in [3.63, 3.8) is 0 Å². The fourth-order valence-electron chi connectivity index (χ4n) is 1.45. The zero-order chi connectivity index (χ0) is 13.3. The Balaban J connectivity index is 2.50. The van der Waals surface area contributed by atoms with Gasteiger partial charge in [-0.2, -0.15) is 4.98 Å². The van der Waals surface area contributed by atoms with Crippen molar-refractivity contribution in [2.45, 2.75) is 20.4 Å². The van der Waals surface area contributed by atoms with Crippen molar-refractivity contribution < 1.29 is 9.32 Å². The standard InChI is InChI=1S/C10H10N4O4/c1-5(15)7-3-11-10(17)14(9(7)16)4-8-12-6(2)13-18-8/h3H,4H2,1-2H3,(H,11,17). The van der Waals surface area contributed by atoms with E-state index >= 15 is 0 Å². The molecule has 18 heavy (non-hydrogen) atoms. The second kappa shape index (κ2) is 4.40. The molecule has 8 nitrogen and oxygen atoms in total. The molecule has 94 valence electrons. The average Bonchev–Trinajstić information content (AvgIpc) is 2.69. The Kier molecular flexibility index (Phi) is 2.92. The van der Waals surface area contributed by atoms with E-state index in [1.54, 1.807) is 6.92 Å². The Labute approximate surface area is 100 Å². The van der Waals surface area contributed by atoms with Crippen LogP contribution in [0.15, 0.2) is 20.3 Å². The van der Waals surface area contributed by atoms with E-state index in [0.29, 0.717) is 5.82 Å². The van der Waals surface area contributed by atoms with Gasteiger partial charge < -0.3 is 9.51 Å². The smallest absolute Gasteiger partial charge is 0.328 e. The van der Waals surface area contributed by atoms with Gasteiger partial charge in [-0.1, -0.05) is 5.16 Å². The van der Waals surface area contributed by atoms with E-state index < -0.39 is 17.0 Å². The molecule has 2 heterocycles. The van der Waals surface area contributed by atoms with Crippen LogP contribution in [-0.2, 0) is 6.54 Å². The SMILES string of the molecule is CC(=O)c1c[nH]c(=O)n(Cc2nc(C)no2)c1=O. The van der Waals surface area contributed by atoms with Gasteiger partial charge in [0.1, 0.15) is 6.54 Å². The Hall–Kier alpha value is -2.51. The third kappa shape index (κ3) is 2.12. The van der Waals surface area contributed by atoms with Crippen LogP contribution in [0.3, 0.4) is 0 Å². The largest absolute Gasteiger partial charge is 0.337 e. The number of aromatic amines is 1. The number of rotatable bonds is 3. The second-order valence-electron chi connectivity index (χ2n) is 3.69. The molecule has 2 aromatic rings. The highest BCUT2D eigenvalue weighted by Crippen LogP contribution is 1.97. The lowest BCUT2D eigenvalue weighted by Gasteiger charge is -2.02. The van der Waals surface area contributed by atoms with E-state index in [9.17, 15) is 14.4 Å². The topological polar surface area (TPSA) is 111 Å². The number of Topliss-reactive ketones (excluding diaryl/α,β-unsaturated/α-hetero) is 1. The minimum Gasteiger partial charge on any atom is -0.337 e. The molecule has 0 atom stereocenters. The number of aromatic nitrogens is 4. The summed E-state index contributed by atoms with van der Waals surface area (Å²) in [5.74, 6) is 0.102. The number of ketones is 1. The van der Waals surface area contributed by atoms with Crippen molar-refractivity contribution in [3.8, 4) is 0 Å². The first-order valence-electron chi connectivity index (χ1n) is 5.11. The maximum atomic E-state index is 11.9. The normalized spacial score (nSPS) is 10.6. The molecular weight excluding hydrogens is 240 g/mol. The molecule has 0 bridgehead atoms. The van der Waals surface area contributed by atoms with E-state index in [1.807, 2.05) is 0 Å². The van der Waals surface area contributed by atoms with Gasteiger partial charge in [0, 0.05) is 6.20 Å². The van der Waals surface area contributed by atoms with Gasteiger partial charge in [0.25, 0.3) is 5.56 Å². The summed E-state index contributed by atoms with van der Waals surface area (Å²) < 4.78 is 5.66.